The molecule has 0 N–H and O–H groups in total. The molecule has 0 spiro atoms. The van der Waals surface area contributed by atoms with Crippen LogP contribution in [0.2, 0.25) is 0 Å². The molecule has 0 saturated carbocycles. The van der Waals surface area contributed by atoms with E-state index in [4.69, 9.17) is 0 Å². The molecule has 0 unspecified atom stereocenters. The van der Waals surface area contributed by atoms with Crippen LogP contribution in [0.25, 0.3) is 0 Å². The van der Waals surface area contributed by atoms with Gasteiger partial charge in [0.1, 0.15) is 0 Å². The highest BCUT2D eigenvalue weighted by Gasteiger charge is 1.88. The summed E-state index contributed by atoms with van der Waals surface area (Å²) in [6.07, 6.45) is 3.59. The monoisotopic (exact) mass is 314 g/mol. The molecule has 0 aliphatic heterocycles. The van der Waals surface area contributed by atoms with Crippen LogP contribution in [-0.2, 0) is 12.8 Å². The van der Waals surface area contributed by atoms with Gasteiger partial charge in [-0.15, -0.1) is 0 Å². The molecule has 130 valence electrons. The highest BCUT2D eigenvalue weighted by atomic mass is 13.9. The third-order valence-electron chi connectivity index (χ3n) is 3.19. The Morgan fingerprint density at radius 1 is 0.565 bits per heavy atom. The summed E-state index contributed by atoms with van der Waals surface area (Å²) in [6.45, 7) is 16.6. The molecule has 0 aromatic heterocycles. The summed E-state index contributed by atoms with van der Waals surface area (Å²) < 4.78 is 0. The van der Waals surface area contributed by atoms with Crippen LogP contribution in [0.1, 0.15) is 70.2 Å². The van der Waals surface area contributed by atoms with Gasteiger partial charge in [0.25, 0.3) is 0 Å². The molecule has 2 aromatic rings. The minimum atomic E-state index is 1.14. The highest BCUT2D eigenvalue weighted by molar-refractivity contribution is 5.21. The van der Waals surface area contributed by atoms with Crippen molar-refractivity contribution in [1.82, 2.24) is 0 Å². The summed E-state index contributed by atoms with van der Waals surface area (Å²) in [7, 11) is 0. The first-order chi connectivity index (χ1) is 11.2. The van der Waals surface area contributed by atoms with Crippen molar-refractivity contribution >= 4 is 0 Å². The van der Waals surface area contributed by atoms with Crippen LogP contribution < -0.4 is 0 Å². The number of hydrogen-bond donors (Lipinski definition) is 0. The van der Waals surface area contributed by atoms with E-state index in [2.05, 4.69) is 76.2 Å². The third kappa shape index (κ3) is 12.6. The Hall–Kier alpha value is -1.56. The van der Waals surface area contributed by atoms with E-state index < -0.39 is 0 Å². The van der Waals surface area contributed by atoms with Crippen LogP contribution in [0.15, 0.2) is 48.5 Å². The predicted molar refractivity (Wildman–Crippen MR) is 108 cm³/mol. The zero-order chi connectivity index (χ0) is 18.1. The number of aryl methyl sites for hydroxylation is 4. The average molecular weight is 315 g/mol. The molecular formula is C23H38. The highest BCUT2D eigenvalue weighted by Crippen LogP contribution is 2.04. The molecule has 0 heteroatoms. The average Bonchev–Trinajstić information content (AvgIpc) is 2.62. The van der Waals surface area contributed by atoms with Gasteiger partial charge in [0.15, 0.2) is 0 Å². The van der Waals surface area contributed by atoms with Crippen LogP contribution >= 0.6 is 0 Å². The lowest BCUT2D eigenvalue weighted by molar-refractivity contribution is 0.921. The van der Waals surface area contributed by atoms with E-state index >= 15 is 0 Å². The Bertz CT molecular complexity index is 448. The summed E-state index contributed by atoms with van der Waals surface area (Å²) in [5, 5.41) is 0. The largest absolute Gasteiger partial charge is 0.0683 e. The minimum absolute atomic E-state index is 1.14. The van der Waals surface area contributed by atoms with Crippen LogP contribution in [0, 0.1) is 13.8 Å². The van der Waals surface area contributed by atoms with Crippen LogP contribution in [0.3, 0.4) is 0 Å². The maximum Gasteiger partial charge on any atom is -0.0281 e. The maximum absolute atomic E-state index is 2.21. The fraction of sp³-hybridized carbons (Fsp3) is 0.478. The molecule has 2 rings (SSSR count). The molecule has 2 aromatic carbocycles. The lowest BCUT2D eigenvalue weighted by Crippen LogP contribution is -1.81. The van der Waals surface area contributed by atoms with Gasteiger partial charge in [-0.05, 0) is 37.8 Å². The molecule has 0 aliphatic carbocycles. The van der Waals surface area contributed by atoms with E-state index in [1.54, 1.807) is 0 Å². The van der Waals surface area contributed by atoms with Gasteiger partial charge in [0, 0.05) is 0 Å². The Labute approximate surface area is 146 Å². The van der Waals surface area contributed by atoms with E-state index in [-0.39, 0.29) is 0 Å². The van der Waals surface area contributed by atoms with Gasteiger partial charge < -0.3 is 0 Å². The Morgan fingerprint density at radius 2 is 0.913 bits per heavy atom. The van der Waals surface area contributed by atoms with Crippen LogP contribution in [-0.4, -0.2) is 0 Å². The Kier molecular flexibility index (Phi) is 17.3. The zero-order valence-corrected chi connectivity index (χ0v) is 16.7. The summed E-state index contributed by atoms with van der Waals surface area (Å²) in [4.78, 5) is 0. The Morgan fingerprint density at radius 3 is 1.22 bits per heavy atom. The van der Waals surface area contributed by atoms with Crippen LogP contribution in [0.5, 0.6) is 0 Å². The summed E-state index contributed by atoms with van der Waals surface area (Å²) in [6, 6.07) is 17.4. The molecule has 0 nitrogen and oxygen atoms in total. The van der Waals surface area contributed by atoms with Gasteiger partial charge in [-0.3, -0.25) is 0 Å². The SMILES string of the molecule is CC.CC.CCCc1ccc(C)cc1.CCc1ccc(C)cc1. The first kappa shape index (κ1) is 23.7. The van der Waals surface area contributed by atoms with Crippen molar-refractivity contribution in [3.63, 3.8) is 0 Å². The molecule has 0 amide bonds. The van der Waals surface area contributed by atoms with Gasteiger partial charge in [0.2, 0.25) is 0 Å². The smallest absolute Gasteiger partial charge is 0.0281 e. The number of hydrogen-bond acceptors (Lipinski definition) is 0. The standard InChI is InChI=1S/C10H14.C9H12.2C2H6/c1-3-4-10-7-5-9(2)6-8-10;1-3-9-6-4-8(2)5-7-9;2*1-2/h5-8H,3-4H2,1-2H3;4-7H,3H2,1-2H3;2*1-2H3. The minimum Gasteiger partial charge on any atom is -0.0683 e. The van der Waals surface area contributed by atoms with Crippen molar-refractivity contribution in [3.8, 4) is 0 Å². The van der Waals surface area contributed by atoms with Gasteiger partial charge in [0.05, 0.1) is 0 Å². The van der Waals surface area contributed by atoms with Crippen molar-refractivity contribution < 1.29 is 0 Å². The van der Waals surface area contributed by atoms with Crippen molar-refractivity contribution in [2.45, 2.75) is 74.7 Å². The first-order valence-corrected chi connectivity index (χ1v) is 9.26. The fourth-order valence-corrected chi connectivity index (χ4v) is 1.87. The molecule has 23 heavy (non-hydrogen) atoms. The lowest BCUT2D eigenvalue weighted by atomic mass is 10.1. The fourth-order valence-electron chi connectivity index (χ4n) is 1.87. The van der Waals surface area contributed by atoms with Crippen molar-refractivity contribution in [1.29, 1.82) is 0 Å². The van der Waals surface area contributed by atoms with E-state index in [0.29, 0.717) is 0 Å². The maximum atomic E-state index is 2.21. The summed E-state index contributed by atoms with van der Waals surface area (Å²) >= 11 is 0. The predicted octanol–water partition coefficient (Wildman–Crippen LogP) is 7.56. The van der Waals surface area contributed by atoms with Crippen molar-refractivity contribution in [2.75, 3.05) is 0 Å². The second-order valence-corrected chi connectivity index (χ2v) is 5.07. The molecule has 0 bridgehead atoms. The Balaban J connectivity index is 0. The van der Waals surface area contributed by atoms with E-state index in [0.717, 1.165) is 6.42 Å². The summed E-state index contributed by atoms with van der Waals surface area (Å²) in [5.74, 6) is 0. The van der Waals surface area contributed by atoms with Crippen molar-refractivity contribution in [2.24, 2.45) is 0 Å². The van der Waals surface area contributed by atoms with Gasteiger partial charge in [-0.1, -0.05) is 108 Å². The van der Waals surface area contributed by atoms with E-state index in [9.17, 15) is 0 Å². The van der Waals surface area contributed by atoms with E-state index in [1.807, 2.05) is 27.7 Å². The molecule has 0 aliphatic rings. The molecule has 0 fully saturated rings. The van der Waals surface area contributed by atoms with Crippen LogP contribution in [0.4, 0.5) is 0 Å². The molecule has 0 heterocycles. The van der Waals surface area contributed by atoms with E-state index in [1.165, 1.54) is 35.1 Å². The summed E-state index contributed by atoms with van der Waals surface area (Å²) in [5.41, 5.74) is 5.56. The zero-order valence-electron chi connectivity index (χ0n) is 16.7. The topological polar surface area (TPSA) is 0 Å². The molecule has 0 saturated heterocycles. The normalized spacial score (nSPS) is 8.52. The van der Waals surface area contributed by atoms with Crippen molar-refractivity contribution in [3.05, 3.63) is 70.8 Å². The third-order valence-corrected chi connectivity index (χ3v) is 3.19. The second-order valence-electron chi connectivity index (χ2n) is 5.07. The molecule has 0 radical (unpaired) electrons. The second kappa shape index (κ2) is 16.8. The number of benzene rings is 2. The number of rotatable bonds is 3. The lowest BCUT2D eigenvalue weighted by Gasteiger charge is -1.97. The quantitative estimate of drug-likeness (QED) is 0.548. The molecular weight excluding hydrogens is 276 g/mol. The van der Waals surface area contributed by atoms with Gasteiger partial charge >= 0.3 is 0 Å². The first-order valence-electron chi connectivity index (χ1n) is 9.26. The van der Waals surface area contributed by atoms with Gasteiger partial charge in [-0.25, -0.2) is 0 Å². The molecule has 0 atom stereocenters. The van der Waals surface area contributed by atoms with Gasteiger partial charge in [-0.2, -0.15) is 0 Å².